The molecule has 30 heavy (non-hydrogen) atoms. The Balaban J connectivity index is 1.57. The van der Waals surface area contributed by atoms with Crippen LogP contribution in [0.4, 0.5) is 0 Å². The van der Waals surface area contributed by atoms with Crippen LogP contribution in [0.2, 0.25) is 0 Å². The molecule has 0 aliphatic carbocycles. The molecule has 3 rings (SSSR count). The van der Waals surface area contributed by atoms with E-state index in [-0.39, 0.29) is 12.3 Å². The molecule has 154 valence electrons. The summed E-state index contributed by atoms with van der Waals surface area (Å²) in [5.74, 6) is 0.560. The molecule has 0 saturated heterocycles. The van der Waals surface area contributed by atoms with Crippen molar-refractivity contribution in [2.45, 2.75) is 12.8 Å². The molecular weight excluding hydrogens is 446 g/mol. The number of halogens is 1. The number of hydrogen-bond acceptors (Lipinski definition) is 4. The van der Waals surface area contributed by atoms with Crippen molar-refractivity contribution in [2.24, 2.45) is 0 Å². The molecular formula is C24H22BrNO4. The van der Waals surface area contributed by atoms with Crippen molar-refractivity contribution in [3.63, 3.8) is 0 Å². The van der Waals surface area contributed by atoms with E-state index >= 15 is 0 Å². The van der Waals surface area contributed by atoms with Gasteiger partial charge in [0.15, 0.2) is 0 Å². The molecule has 0 aliphatic rings. The van der Waals surface area contributed by atoms with Crippen LogP contribution in [-0.2, 0) is 17.6 Å². The van der Waals surface area contributed by atoms with Gasteiger partial charge in [-0.2, -0.15) is 0 Å². The summed E-state index contributed by atoms with van der Waals surface area (Å²) in [6.45, 7) is 0.490. The average Bonchev–Trinajstić information content (AvgIpc) is 2.75. The monoisotopic (exact) mass is 467 g/mol. The highest BCUT2D eigenvalue weighted by molar-refractivity contribution is 9.10. The van der Waals surface area contributed by atoms with Crippen LogP contribution in [0.3, 0.4) is 0 Å². The summed E-state index contributed by atoms with van der Waals surface area (Å²) in [4.78, 5) is 24.7. The number of ether oxygens (including phenoxy) is 2. The average molecular weight is 468 g/mol. The number of hydrogen-bond donors (Lipinski definition) is 1. The number of carbonyl (C=O) groups is 2. The minimum atomic E-state index is -0.452. The summed E-state index contributed by atoms with van der Waals surface area (Å²) in [5.41, 5.74) is 2.17. The van der Waals surface area contributed by atoms with E-state index in [1.807, 2.05) is 30.3 Å². The molecule has 5 nitrogen and oxygen atoms in total. The van der Waals surface area contributed by atoms with Crippen molar-refractivity contribution in [3.8, 4) is 11.5 Å². The number of amides is 1. The molecule has 3 aromatic rings. The number of benzene rings is 3. The third kappa shape index (κ3) is 6.19. The number of para-hydroxylation sites is 1. The minimum Gasteiger partial charge on any atom is -0.497 e. The van der Waals surface area contributed by atoms with E-state index in [1.54, 1.807) is 49.6 Å². The van der Waals surface area contributed by atoms with E-state index in [9.17, 15) is 9.59 Å². The Labute approximate surface area is 184 Å². The standard InChI is InChI=1S/C24H22BrNO4/c1-29-21-14-17(13-20(25)16-21)11-12-26-23(27)15-19-9-5-6-10-22(19)30-24(28)18-7-3-2-4-8-18/h2-10,13-14,16H,11-12,15H2,1H3,(H,26,27). The van der Waals surface area contributed by atoms with Crippen LogP contribution in [0.25, 0.3) is 0 Å². The molecule has 6 heteroatoms. The number of carbonyl (C=O) groups excluding carboxylic acids is 2. The summed E-state index contributed by atoms with van der Waals surface area (Å²) >= 11 is 3.45. The fraction of sp³-hybridized carbons (Fsp3) is 0.167. The first-order valence-electron chi connectivity index (χ1n) is 9.50. The Hall–Kier alpha value is -3.12. The van der Waals surface area contributed by atoms with Crippen molar-refractivity contribution in [2.75, 3.05) is 13.7 Å². The first-order chi connectivity index (χ1) is 14.5. The van der Waals surface area contributed by atoms with E-state index in [0.717, 1.165) is 15.8 Å². The van der Waals surface area contributed by atoms with Crippen LogP contribution in [0.15, 0.2) is 77.3 Å². The third-order valence-electron chi connectivity index (χ3n) is 4.44. The van der Waals surface area contributed by atoms with E-state index in [0.29, 0.717) is 29.8 Å². The van der Waals surface area contributed by atoms with E-state index < -0.39 is 5.97 Å². The lowest BCUT2D eigenvalue weighted by Crippen LogP contribution is -2.27. The smallest absolute Gasteiger partial charge is 0.343 e. The van der Waals surface area contributed by atoms with Gasteiger partial charge in [-0.1, -0.05) is 52.3 Å². The summed E-state index contributed by atoms with van der Waals surface area (Å²) in [6, 6.07) is 21.6. The maximum atomic E-state index is 12.4. The maximum absolute atomic E-state index is 12.4. The lowest BCUT2D eigenvalue weighted by atomic mass is 10.1. The zero-order valence-corrected chi connectivity index (χ0v) is 18.1. The van der Waals surface area contributed by atoms with Gasteiger partial charge < -0.3 is 14.8 Å². The zero-order chi connectivity index (χ0) is 21.3. The molecule has 0 spiro atoms. The lowest BCUT2D eigenvalue weighted by molar-refractivity contribution is -0.120. The first-order valence-corrected chi connectivity index (χ1v) is 10.3. The zero-order valence-electron chi connectivity index (χ0n) is 16.6. The van der Waals surface area contributed by atoms with E-state index in [1.165, 1.54) is 0 Å². The Bertz CT molecular complexity index is 1020. The van der Waals surface area contributed by atoms with Gasteiger partial charge in [0.05, 0.1) is 19.1 Å². The van der Waals surface area contributed by atoms with Gasteiger partial charge >= 0.3 is 5.97 Å². The largest absolute Gasteiger partial charge is 0.497 e. The van der Waals surface area contributed by atoms with E-state index in [2.05, 4.69) is 21.2 Å². The highest BCUT2D eigenvalue weighted by Gasteiger charge is 2.13. The van der Waals surface area contributed by atoms with Crippen molar-refractivity contribution in [1.29, 1.82) is 0 Å². The lowest BCUT2D eigenvalue weighted by Gasteiger charge is -2.11. The van der Waals surface area contributed by atoms with Crippen LogP contribution in [-0.4, -0.2) is 25.5 Å². The highest BCUT2D eigenvalue weighted by Crippen LogP contribution is 2.22. The second-order valence-electron chi connectivity index (χ2n) is 6.64. The SMILES string of the molecule is COc1cc(Br)cc(CCNC(=O)Cc2ccccc2OC(=O)c2ccccc2)c1. The molecule has 1 N–H and O–H groups in total. The Morgan fingerprint density at radius 1 is 0.967 bits per heavy atom. The predicted molar refractivity (Wildman–Crippen MR) is 119 cm³/mol. The van der Waals surface area contributed by atoms with Gasteiger partial charge in [-0.3, -0.25) is 4.79 Å². The number of rotatable bonds is 8. The van der Waals surface area contributed by atoms with Crippen LogP contribution >= 0.6 is 15.9 Å². The molecule has 0 atom stereocenters. The van der Waals surface area contributed by atoms with Gasteiger partial charge in [0.1, 0.15) is 11.5 Å². The fourth-order valence-corrected chi connectivity index (χ4v) is 3.47. The molecule has 0 radical (unpaired) electrons. The van der Waals surface area contributed by atoms with Gasteiger partial charge in [0, 0.05) is 16.6 Å². The van der Waals surface area contributed by atoms with Crippen LogP contribution in [0, 0.1) is 0 Å². The number of nitrogens with one attached hydrogen (secondary N) is 1. The minimum absolute atomic E-state index is 0.125. The van der Waals surface area contributed by atoms with Crippen LogP contribution in [0.5, 0.6) is 11.5 Å². The third-order valence-corrected chi connectivity index (χ3v) is 4.90. The predicted octanol–water partition coefficient (Wildman–Crippen LogP) is 4.58. The van der Waals surface area contributed by atoms with Gasteiger partial charge in [0.25, 0.3) is 0 Å². The molecule has 0 bridgehead atoms. The topological polar surface area (TPSA) is 64.6 Å². The van der Waals surface area contributed by atoms with Crippen LogP contribution < -0.4 is 14.8 Å². The summed E-state index contributed by atoms with van der Waals surface area (Å²) in [6.07, 6.45) is 0.798. The Kier molecular flexibility index (Phi) is 7.63. The van der Waals surface area contributed by atoms with Crippen molar-refractivity contribution in [1.82, 2.24) is 5.32 Å². The molecule has 0 saturated carbocycles. The highest BCUT2D eigenvalue weighted by atomic mass is 79.9. The van der Waals surface area contributed by atoms with Gasteiger partial charge in [0.2, 0.25) is 5.91 Å². The first kappa shape index (κ1) is 21.6. The summed E-state index contributed by atoms with van der Waals surface area (Å²) < 4.78 is 11.7. The fourth-order valence-electron chi connectivity index (χ4n) is 2.95. The number of methoxy groups -OCH3 is 1. The van der Waals surface area contributed by atoms with Crippen molar-refractivity contribution >= 4 is 27.8 Å². The number of esters is 1. The molecule has 0 heterocycles. The quantitative estimate of drug-likeness (QED) is 0.389. The molecule has 0 unspecified atom stereocenters. The summed E-state index contributed by atoms with van der Waals surface area (Å²) in [5, 5.41) is 2.91. The Morgan fingerprint density at radius 3 is 2.47 bits per heavy atom. The molecule has 0 fully saturated rings. The molecule has 0 aliphatic heterocycles. The van der Waals surface area contributed by atoms with Gasteiger partial charge in [-0.05, 0) is 48.4 Å². The summed E-state index contributed by atoms with van der Waals surface area (Å²) in [7, 11) is 1.62. The Morgan fingerprint density at radius 2 is 1.70 bits per heavy atom. The van der Waals surface area contributed by atoms with E-state index in [4.69, 9.17) is 9.47 Å². The normalized spacial score (nSPS) is 10.3. The van der Waals surface area contributed by atoms with Crippen molar-refractivity contribution < 1.29 is 19.1 Å². The second-order valence-corrected chi connectivity index (χ2v) is 7.55. The molecule has 0 aromatic heterocycles. The second kappa shape index (κ2) is 10.6. The van der Waals surface area contributed by atoms with Crippen molar-refractivity contribution in [3.05, 3.63) is 94.0 Å². The molecule has 1 amide bonds. The van der Waals surface area contributed by atoms with Crippen LogP contribution in [0.1, 0.15) is 21.5 Å². The van der Waals surface area contributed by atoms with Gasteiger partial charge in [-0.15, -0.1) is 0 Å². The maximum Gasteiger partial charge on any atom is 0.343 e. The van der Waals surface area contributed by atoms with Gasteiger partial charge in [-0.25, -0.2) is 4.79 Å². The molecule has 3 aromatic carbocycles.